The first-order chi connectivity index (χ1) is 5.17. The van der Waals surface area contributed by atoms with Crippen LogP contribution in [0.2, 0.25) is 0 Å². The van der Waals surface area contributed by atoms with Crippen LogP contribution in [-0.2, 0) is 5.41 Å². The number of nitrogens with one attached hydrogen (secondary N) is 1. The minimum atomic E-state index is 0.156. The fourth-order valence-electron chi connectivity index (χ4n) is 1.01. The van der Waals surface area contributed by atoms with Crippen LogP contribution in [0.15, 0.2) is 17.5 Å². The average molecular weight is 170 g/mol. The van der Waals surface area contributed by atoms with Gasteiger partial charge in [0.1, 0.15) is 0 Å². The summed E-state index contributed by atoms with van der Waals surface area (Å²) in [6.45, 7) is 5.17. The van der Waals surface area contributed by atoms with Crippen LogP contribution in [0.5, 0.6) is 0 Å². The Morgan fingerprint density at radius 3 is 2.82 bits per heavy atom. The topological polar surface area (TPSA) is 38.0 Å². The van der Waals surface area contributed by atoms with E-state index in [9.17, 15) is 0 Å². The predicted octanol–water partition coefficient (Wildman–Crippen LogP) is 1.49. The summed E-state index contributed by atoms with van der Waals surface area (Å²) in [6, 6.07) is 4.21. The Morgan fingerprint density at radius 2 is 2.36 bits per heavy atom. The average Bonchev–Trinajstić information content (AvgIpc) is 2.37. The molecule has 0 spiro atoms. The van der Waals surface area contributed by atoms with E-state index in [0.29, 0.717) is 0 Å². The second-order valence-electron chi connectivity index (χ2n) is 3.24. The van der Waals surface area contributed by atoms with Crippen molar-refractivity contribution in [3.05, 3.63) is 22.4 Å². The molecule has 11 heavy (non-hydrogen) atoms. The highest BCUT2D eigenvalue weighted by Gasteiger charge is 2.20. The van der Waals surface area contributed by atoms with Crippen LogP contribution in [0.3, 0.4) is 0 Å². The highest BCUT2D eigenvalue weighted by molar-refractivity contribution is 7.10. The Kier molecular flexibility index (Phi) is 2.65. The number of hydrogen-bond acceptors (Lipinski definition) is 3. The first-order valence-corrected chi connectivity index (χ1v) is 4.52. The molecule has 1 rings (SSSR count). The van der Waals surface area contributed by atoms with Crippen molar-refractivity contribution in [3.63, 3.8) is 0 Å². The van der Waals surface area contributed by atoms with Crippen molar-refractivity contribution >= 4 is 11.3 Å². The molecule has 0 aliphatic carbocycles. The van der Waals surface area contributed by atoms with Gasteiger partial charge in [-0.1, -0.05) is 19.9 Å². The second kappa shape index (κ2) is 3.34. The molecule has 0 aliphatic rings. The van der Waals surface area contributed by atoms with Gasteiger partial charge in [0.25, 0.3) is 0 Å². The quantitative estimate of drug-likeness (QED) is 0.533. The lowest BCUT2D eigenvalue weighted by Gasteiger charge is -2.21. The van der Waals surface area contributed by atoms with E-state index in [1.807, 2.05) is 0 Å². The number of rotatable bonds is 3. The summed E-state index contributed by atoms with van der Waals surface area (Å²) in [7, 11) is 0. The molecule has 0 unspecified atom stereocenters. The third-order valence-corrected chi connectivity index (χ3v) is 2.97. The Morgan fingerprint density at radius 1 is 1.64 bits per heavy atom. The van der Waals surface area contributed by atoms with Gasteiger partial charge in [0.15, 0.2) is 0 Å². The van der Waals surface area contributed by atoms with Crippen LogP contribution < -0.4 is 11.3 Å². The molecule has 0 saturated carbocycles. The van der Waals surface area contributed by atoms with Crippen molar-refractivity contribution in [2.24, 2.45) is 5.84 Å². The molecule has 3 heteroatoms. The fraction of sp³-hybridized carbons (Fsp3) is 0.500. The van der Waals surface area contributed by atoms with Crippen LogP contribution in [0.1, 0.15) is 18.7 Å². The van der Waals surface area contributed by atoms with Crippen molar-refractivity contribution in [2.75, 3.05) is 6.54 Å². The molecule has 0 aliphatic heterocycles. The minimum Gasteiger partial charge on any atom is -0.271 e. The summed E-state index contributed by atoms with van der Waals surface area (Å²) in [6.07, 6.45) is 0. The zero-order chi connectivity index (χ0) is 8.32. The van der Waals surface area contributed by atoms with Gasteiger partial charge in [-0.05, 0) is 11.4 Å². The van der Waals surface area contributed by atoms with E-state index in [4.69, 9.17) is 5.84 Å². The van der Waals surface area contributed by atoms with Crippen molar-refractivity contribution in [1.82, 2.24) is 5.43 Å². The van der Waals surface area contributed by atoms with Gasteiger partial charge in [-0.3, -0.25) is 11.3 Å². The molecule has 0 atom stereocenters. The maximum atomic E-state index is 5.28. The summed E-state index contributed by atoms with van der Waals surface area (Å²) in [5, 5.41) is 2.09. The minimum absolute atomic E-state index is 0.156. The number of nitrogens with two attached hydrogens (primary N) is 1. The van der Waals surface area contributed by atoms with Crippen LogP contribution in [-0.4, -0.2) is 6.54 Å². The summed E-state index contributed by atoms with van der Waals surface area (Å²) in [5.74, 6) is 5.28. The van der Waals surface area contributed by atoms with E-state index in [-0.39, 0.29) is 5.41 Å². The second-order valence-corrected chi connectivity index (χ2v) is 4.19. The monoisotopic (exact) mass is 170 g/mol. The molecule has 0 aromatic carbocycles. The lowest BCUT2D eigenvalue weighted by Crippen LogP contribution is -2.36. The van der Waals surface area contributed by atoms with E-state index in [2.05, 4.69) is 36.8 Å². The third-order valence-electron chi connectivity index (χ3n) is 1.73. The summed E-state index contributed by atoms with van der Waals surface area (Å²) >= 11 is 1.77. The molecule has 3 N–H and O–H groups in total. The lowest BCUT2D eigenvalue weighted by atomic mass is 9.92. The molecule has 0 bridgehead atoms. The third kappa shape index (κ3) is 2.02. The molecule has 62 valence electrons. The van der Waals surface area contributed by atoms with E-state index in [0.717, 1.165) is 6.54 Å². The molecule has 1 heterocycles. The standard InChI is InChI=1S/C8H14N2S/c1-8(2,6-10-9)7-4-3-5-11-7/h3-5,10H,6,9H2,1-2H3. The van der Waals surface area contributed by atoms with Gasteiger partial charge in [-0.25, -0.2) is 0 Å². The summed E-state index contributed by atoms with van der Waals surface area (Å²) < 4.78 is 0. The normalized spacial score (nSPS) is 11.9. The highest BCUT2D eigenvalue weighted by Crippen LogP contribution is 2.26. The Balaban J connectivity index is 2.73. The molecular formula is C8H14N2S. The van der Waals surface area contributed by atoms with Gasteiger partial charge in [-0.15, -0.1) is 11.3 Å². The zero-order valence-electron chi connectivity index (χ0n) is 6.92. The van der Waals surface area contributed by atoms with Crippen LogP contribution in [0.25, 0.3) is 0 Å². The van der Waals surface area contributed by atoms with Gasteiger partial charge in [0.05, 0.1) is 0 Å². The van der Waals surface area contributed by atoms with E-state index in [1.54, 1.807) is 11.3 Å². The van der Waals surface area contributed by atoms with Gasteiger partial charge in [0, 0.05) is 16.8 Å². The molecule has 1 aromatic rings. The number of hydrogen-bond donors (Lipinski definition) is 2. The molecule has 2 nitrogen and oxygen atoms in total. The predicted molar refractivity (Wildman–Crippen MR) is 49.5 cm³/mol. The van der Waals surface area contributed by atoms with Crippen molar-refractivity contribution in [1.29, 1.82) is 0 Å². The zero-order valence-corrected chi connectivity index (χ0v) is 7.74. The highest BCUT2D eigenvalue weighted by atomic mass is 32.1. The maximum absolute atomic E-state index is 5.28. The SMILES string of the molecule is CC(C)(CNN)c1cccs1. The molecule has 0 saturated heterocycles. The Hall–Kier alpha value is -0.380. The van der Waals surface area contributed by atoms with Gasteiger partial charge < -0.3 is 0 Å². The van der Waals surface area contributed by atoms with Gasteiger partial charge >= 0.3 is 0 Å². The largest absolute Gasteiger partial charge is 0.271 e. The van der Waals surface area contributed by atoms with E-state index < -0.39 is 0 Å². The van der Waals surface area contributed by atoms with E-state index >= 15 is 0 Å². The molecule has 0 fully saturated rings. The van der Waals surface area contributed by atoms with Crippen LogP contribution >= 0.6 is 11.3 Å². The summed E-state index contributed by atoms with van der Waals surface area (Å²) in [4.78, 5) is 1.37. The van der Waals surface area contributed by atoms with Crippen molar-refractivity contribution in [3.8, 4) is 0 Å². The lowest BCUT2D eigenvalue weighted by molar-refractivity contribution is 0.486. The molecule has 0 radical (unpaired) electrons. The maximum Gasteiger partial charge on any atom is 0.0197 e. The van der Waals surface area contributed by atoms with Crippen LogP contribution in [0.4, 0.5) is 0 Å². The van der Waals surface area contributed by atoms with Gasteiger partial charge in [0.2, 0.25) is 0 Å². The van der Waals surface area contributed by atoms with E-state index in [1.165, 1.54) is 4.88 Å². The number of hydrazine groups is 1. The molecule has 1 aromatic heterocycles. The molecular weight excluding hydrogens is 156 g/mol. The van der Waals surface area contributed by atoms with Crippen LogP contribution in [0, 0.1) is 0 Å². The Labute approximate surface area is 71.4 Å². The summed E-state index contributed by atoms with van der Waals surface area (Å²) in [5.41, 5.74) is 2.86. The van der Waals surface area contributed by atoms with Gasteiger partial charge in [-0.2, -0.15) is 0 Å². The van der Waals surface area contributed by atoms with Crippen molar-refractivity contribution in [2.45, 2.75) is 19.3 Å². The smallest absolute Gasteiger partial charge is 0.0197 e. The fourth-order valence-corrected chi connectivity index (χ4v) is 1.86. The first-order valence-electron chi connectivity index (χ1n) is 3.64. The Bertz CT molecular complexity index is 204. The molecule has 0 amide bonds. The first kappa shape index (κ1) is 8.71. The number of thiophene rings is 1. The van der Waals surface area contributed by atoms with Crippen molar-refractivity contribution < 1.29 is 0 Å².